The van der Waals surface area contributed by atoms with E-state index in [1.165, 1.54) is 19.3 Å². The van der Waals surface area contributed by atoms with Crippen molar-refractivity contribution >= 4 is 0 Å². The second-order valence-electron chi connectivity index (χ2n) is 5.89. The minimum absolute atomic E-state index is 0.298. The highest BCUT2D eigenvalue weighted by Crippen LogP contribution is 2.34. The Bertz CT molecular complexity index is 366. The molecule has 2 rings (SSSR count). The van der Waals surface area contributed by atoms with E-state index in [-0.39, 0.29) is 0 Å². The molecule has 1 fully saturated rings. The molecule has 0 saturated heterocycles. The Balaban J connectivity index is 2.00. The summed E-state index contributed by atoms with van der Waals surface area (Å²) in [5, 5.41) is 14.7. The van der Waals surface area contributed by atoms with Gasteiger partial charge in [0.15, 0.2) is 0 Å². The van der Waals surface area contributed by atoms with E-state index in [2.05, 4.69) is 23.9 Å². The number of hydrogen-bond acceptors (Lipinski definition) is 3. The Morgan fingerprint density at radius 1 is 1.53 bits per heavy atom. The summed E-state index contributed by atoms with van der Waals surface area (Å²) in [5.74, 6) is 1.60. The first-order chi connectivity index (χ1) is 7.98. The van der Waals surface area contributed by atoms with Crippen LogP contribution in [-0.2, 0) is 6.42 Å². The minimum Gasteiger partial charge on any atom is -0.390 e. The fourth-order valence-corrected chi connectivity index (χ4v) is 2.56. The first-order valence-corrected chi connectivity index (χ1v) is 6.59. The van der Waals surface area contributed by atoms with Crippen LogP contribution in [0.3, 0.4) is 0 Å². The van der Waals surface area contributed by atoms with Gasteiger partial charge < -0.3 is 5.11 Å². The highest BCUT2D eigenvalue weighted by Gasteiger charge is 2.30. The maximum absolute atomic E-state index is 10.4. The van der Waals surface area contributed by atoms with E-state index in [0.29, 0.717) is 18.4 Å². The average molecular weight is 237 g/mol. The molecule has 1 aliphatic rings. The maximum atomic E-state index is 10.4. The number of aliphatic hydroxyl groups is 1. The summed E-state index contributed by atoms with van der Waals surface area (Å²) in [6.45, 7) is 6.09. The van der Waals surface area contributed by atoms with E-state index in [4.69, 9.17) is 0 Å². The van der Waals surface area contributed by atoms with Crippen LogP contribution in [0.2, 0.25) is 0 Å². The summed E-state index contributed by atoms with van der Waals surface area (Å²) >= 11 is 0. The third-order valence-electron chi connectivity index (χ3n) is 3.63. The minimum atomic E-state index is -0.648. The van der Waals surface area contributed by atoms with E-state index < -0.39 is 5.60 Å². The van der Waals surface area contributed by atoms with Crippen molar-refractivity contribution in [3.05, 3.63) is 12.2 Å². The molecular weight excluding hydrogens is 214 g/mol. The predicted molar refractivity (Wildman–Crippen MR) is 66.7 cm³/mol. The van der Waals surface area contributed by atoms with Gasteiger partial charge in [-0.3, -0.25) is 0 Å². The maximum Gasteiger partial charge on any atom is 0.138 e. The molecule has 0 spiro atoms. The van der Waals surface area contributed by atoms with E-state index in [9.17, 15) is 5.11 Å². The van der Waals surface area contributed by atoms with Gasteiger partial charge >= 0.3 is 0 Å². The van der Waals surface area contributed by atoms with Crippen molar-refractivity contribution in [3.63, 3.8) is 0 Å². The molecule has 1 N–H and O–H groups in total. The van der Waals surface area contributed by atoms with Crippen LogP contribution in [0.25, 0.3) is 0 Å². The molecule has 0 radical (unpaired) electrons. The molecule has 0 bridgehead atoms. The van der Waals surface area contributed by atoms with Crippen LogP contribution in [0.5, 0.6) is 0 Å². The molecule has 1 saturated carbocycles. The Morgan fingerprint density at radius 2 is 2.24 bits per heavy atom. The molecule has 0 aromatic carbocycles. The molecule has 96 valence electrons. The lowest BCUT2D eigenvalue weighted by atomic mass is 9.77. The van der Waals surface area contributed by atoms with Crippen LogP contribution in [0, 0.1) is 5.92 Å². The van der Waals surface area contributed by atoms with Gasteiger partial charge in [0.1, 0.15) is 12.2 Å². The fourth-order valence-electron chi connectivity index (χ4n) is 2.56. The summed E-state index contributed by atoms with van der Waals surface area (Å²) in [4.78, 5) is 4.27. The fraction of sp³-hybridized carbons (Fsp3) is 0.846. The van der Waals surface area contributed by atoms with Crippen molar-refractivity contribution < 1.29 is 5.11 Å². The standard InChI is InChI=1S/C13H23N3O/c1-10(2)16-12(14-9-15-16)8-13(3,17)7-11-5-4-6-11/h9-11,17H,4-8H2,1-3H3. The van der Waals surface area contributed by atoms with E-state index in [0.717, 1.165) is 12.2 Å². The topological polar surface area (TPSA) is 50.9 Å². The molecule has 4 heteroatoms. The number of hydrogen-bond donors (Lipinski definition) is 1. The van der Waals surface area contributed by atoms with Crippen molar-refractivity contribution in [2.75, 3.05) is 0 Å². The second kappa shape index (κ2) is 4.77. The van der Waals surface area contributed by atoms with Crippen LogP contribution in [0.1, 0.15) is 58.3 Å². The first-order valence-electron chi connectivity index (χ1n) is 6.59. The van der Waals surface area contributed by atoms with Crippen molar-refractivity contribution in [2.45, 2.75) is 64.5 Å². The van der Waals surface area contributed by atoms with Crippen molar-refractivity contribution in [2.24, 2.45) is 5.92 Å². The van der Waals surface area contributed by atoms with E-state index in [1.54, 1.807) is 6.33 Å². The molecular formula is C13H23N3O. The number of aromatic nitrogens is 3. The van der Waals surface area contributed by atoms with Crippen LogP contribution in [0.4, 0.5) is 0 Å². The molecule has 1 aromatic rings. The normalized spacial score (nSPS) is 20.3. The Kier molecular flexibility index (Phi) is 3.52. The lowest BCUT2D eigenvalue weighted by Crippen LogP contribution is -2.33. The quantitative estimate of drug-likeness (QED) is 0.855. The number of nitrogens with zero attached hydrogens (tertiary/aromatic N) is 3. The zero-order valence-corrected chi connectivity index (χ0v) is 11.1. The molecule has 1 atom stereocenters. The smallest absolute Gasteiger partial charge is 0.138 e. The van der Waals surface area contributed by atoms with Crippen LogP contribution >= 0.6 is 0 Å². The average Bonchev–Trinajstić information content (AvgIpc) is 2.59. The zero-order valence-electron chi connectivity index (χ0n) is 11.1. The predicted octanol–water partition coefficient (Wildman–Crippen LogP) is 2.34. The van der Waals surface area contributed by atoms with Gasteiger partial charge in [0.25, 0.3) is 0 Å². The third-order valence-corrected chi connectivity index (χ3v) is 3.63. The van der Waals surface area contributed by atoms with Gasteiger partial charge in [0.05, 0.1) is 5.60 Å². The molecule has 1 heterocycles. The second-order valence-corrected chi connectivity index (χ2v) is 5.89. The lowest BCUT2D eigenvalue weighted by Gasteiger charge is -2.33. The summed E-state index contributed by atoms with van der Waals surface area (Å²) < 4.78 is 1.90. The number of rotatable bonds is 5. The van der Waals surface area contributed by atoms with Crippen LogP contribution < -0.4 is 0 Å². The highest BCUT2D eigenvalue weighted by atomic mass is 16.3. The Morgan fingerprint density at radius 3 is 2.76 bits per heavy atom. The van der Waals surface area contributed by atoms with Gasteiger partial charge in [0, 0.05) is 12.5 Å². The zero-order chi connectivity index (χ0) is 12.5. The van der Waals surface area contributed by atoms with Crippen molar-refractivity contribution in [3.8, 4) is 0 Å². The Labute approximate surface area is 103 Å². The molecule has 0 aliphatic heterocycles. The SMILES string of the molecule is CC(C)n1ncnc1CC(C)(O)CC1CCC1. The van der Waals surface area contributed by atoms with Gasteiger partial charge in [-0.25, -0.2) is 9.67 Å². The summed E-state index contributed by atoms with van der Waals surface area (Å²) in [6.07, 6.45) is 6.93. The summed E-state index contributed by atoms with van der Waals surface area (Å²) in [5.41, 5.74) is -0.648. The molecule has 1 aliphatic carbocycles. The lowest BCUT2D eigenvalue weighted by molar-refractivity contribution is 0.0177. The van der Waals surface area contributed by atoms with Gasteiger partial charge in [-0.1, -0.05) is 19.3 Å². The molecule has 1 aromatic heterocycles. The highest BCUT2D eigenvalue weighted by molar-refractivity contribution is 4.95. The first kappa shape index (κ1) is 12.6. The molecule has 4 nitrogen and oxygen atoms in total. The van der Waals surface area contributed by atoms with Crippen LogP contribution in [-0.4, -0.2) is 25.5 Å². The van der Waals surface area contributed by atoms with Crippen molar-refractivity contribution in [1.29, 1.82) is 0 Å². The summed E-state index contributed by atoms with van der Waals surface area (Å²) in [6, 6.07) is 0.298. The van der Waals surface area contributed by atoms with Crippen LogP contribution in [0.15, 0.2) is 6.33 Å². The van der Waals surface area contributed by atoms with Gasteiger partial charge in [-0.2, -0.15) is 5.10 Å². The summed E-state index contributed by atoms with van der Waals surface area (Å²) in [7, 11) is 0. The Hall–Kier alpha value is -0.900. The van der Waals surface area contributed by atoms with Gasteiger partial charge in [-0.05, 0) is 33.1 Å². The molecule has 17 heavy (non-hydrogen) atoms. The van der Waals surface area contributed by atoms with Gasteiger partial charge in [0.2, 0.25) is 0 Å². The molecule has 0 amide bonds. The van der Waals surface area contributed by atoms with Gasteiger partial charge in [-0.15, -0.1) is 0 Å². The molecule has 1 unspecified atom stereocenters. The van der Waals surface area contributed by atoms with E-state index in [1.807, 2.05) is 11.6 Å². The van der Waals surface area contributed by atoms with Crippen molar-refractivity contribution in [1.82, 2.24) is 14.8 Å². The van der Waals surface area contributed by atoms with E-state index >= 15 is 0 Å². The monoisotopic (exact) mass is 237 g/mol. The largest absolute Gasteiger partial charge is 0.390 e. The third kappa shape index (κ3) is 3.06.